The maximum atomic E-state index is 11.0. The van der Waals surface area contributed by atoms with Crippen molar-refractivity contribution < 1.29 is 0 Å². The highest BCUT2D eigenvalue weighted by Gasteiger charge is 2.24. The van der Waals surface area contributed by atoms with E-state index in [-0.39, 0.29) is 0 Å². The van der Waals surface area contributed by atoms with Crippen LogP contribution in [0.25, 0.3) is 122 Å². The van der Waals surface area contributed by atoms with Crippen LogP contribution in [0.2, 0.25) is 0 Å². The lowest BCUT2D eigenvalue weighted by atomic mass is 9.87. The molecule has 0 aliphatic carbocycles. The minimum absolute atomic E-state index is 0.371. The molecule has 0 spiro atoms. The van der Waals surface area contributed by atoms with E-state index in [1.54, 1.807) is 12.1 Å². The van der Waals surface area contributed by atoms with Crippen LogP contribution in [0.4, 0.5) is 0 Å². The van der Waals surface area contributed by atoms with Crippen molar-refractivity contribution in [3.8, 4) is 102 Å². The van der Waals surface area contributed by atoms with Gasteiger partial charge >= 0.3 is 0 Å². The zero-order chi connectivity index (χ0) is 53.0. The van der Waals surface area contributed by atoms with E-state index in [0.717, 1.165) is 110 Å². The van der Waals surface area contributed by atoms with Crippen LogP contribution in [-0.2, 0) is 0 Å². The number of fused-ring (bicyclic) bond motifs is 6. The molecule has 0 atom stereocenters. The Morgan fingerprint density at radius 2 is 0.526 bits per heavy atom. The van der Waals surface area contributed by atoms with Crippen molar-refractivity contribution in [2.75, 3.05) is 0 Å². The zero-order valence-electron chi connectivity index (χ0n) is 42.6. The standard InChI is InChI=1S/C72H44N6/c1-45-31-64(66-40-68(58(44-76)34-56(66)42-74)78-71-37-53(49-19-11-5-12-20-49)25-29-61(71)62-30-26-54(38-72(62)78)50-21-13-6-14-22-50)46(2)32-63(45)65-39-67(57(43-75)33-55(65)41-73)77-69-35-51(47-15-7-3-8-16-47)23-27-59(69)60-28-24-52(36-70(60)77)48-17-9-4-10-18-48/h3-40H,1-2H3. The largest absolute Gasteiger partial charge is 0.308 e. The minimum Gasteiger partial charge on any atom is -0.308 e. The molecular weight excluding hydrogens is 949 g/mol. The van der Waals surface area contributed by atoms with Crippen molar-refractivity contribution in [1.29, 1.82) is 21.0 Å². The second-order valence-electron chi connectivity index (χ2n) is 19.8. The summed E-state index contributed by atoms with van der Waals surface area (Å²) in [6.45, 7) is 4.05. The van der Waals surface area contributed by atoms with Crippen molar-refractivity contribution in [2.45, 2.75) is 13.8 Å². The fraction of sp³-hybridized carbons (Fsp3) is 0.0278. The van der Waals surface area contributed by atoms with Crippen LogP contribution in [0.15, 0.2) is 231 Å². The first-order valence-electron chi connectivity index (χ1n) is 25.8. The molecule has 11 aromatic carbocycles. The highest BCUT2D eigenvalue weighted by atomic mass is 15.0. The molecule has 0 N–H and O–H groups in total. The van der Waals surface area contributed by atoms with Crippen molar-refractivity contribution in [1.82, 2.24) is 9.13 Å². The van der Waals surface area contributed by atoms with E-state index in [1.807, 2.05) is 98.8 Å². The SMILES string of the molecule is Cc1cc(-c2cc(-n3c4cc(-c5ccccc5)ccc4c4ccc(-c5ccccc5)cc43)c(C#N)cc2C#N)c(C)cc1-c1cc(-n2c3cc(-c4ccccc4)ccc3c3ccc(-c4ccccc4)cc32)c(C#N)cc1C#N. The quantitative estimate of drug-likeness (QED) is 0.151. The minimum atomic E-state index is 0.371. The van der Waals surface area contributed by atoms with Gasteiger partial charge in [-0.15, -0.1) is 0 Å². The Hall–Kier alpha value is -11.0. The van der Waals surface area contributed by atoms with Gasteiger partial charge in [0.2, 0.25) is 0 Å². The number of aromatic nitrogens is 2. The predicted octanol–water partition coefficient (Wildman–Crippen LogP) is 18.0. The third kappa shape index (κ3) is 7.77. The van der Waals surface area contributed by atoms with E-state index in [2.05, 4.69) is 167 Å². The summed E-state index contributed by atoms with van der Waals surface area (Å²) in [5, 5.41) is 47.9. The molecule has 0 saturated carbocycles. The van der Waals surface area contributed by atoms with Gasteiger partial charge < -0.3 is 9.13 Å². The number of benzene rings is 11. The van der Waals surface area contributed by atoms with Gasteiger partial charge in [-0.25, -0.2) is 0 Å². The Kier molecular flexibility index (Phi) is 11.4. The van der Waals surface area contributed by atoms with Gasteiger partial charge in [-0.1, -0.05) is 182 Å². The monoisotopic (exact) mass is 992 g/mol. The fourth-order valence-electron chi connectivity index (χ4n) is 11.5. The molecule has 13 rings (SSSR count). The molecular formula is C72H44N6. The molecule has 0 aliphatic rings. The third-order valence-electron chi connectivity index (χ3n) is 15.4. The van der Waals surface area contributed by atoms with Crippen molar-refractivity contribution in [2.24, 2.45) is 0 Å². The molecule has 2 aromatic heterocycles. The highest BCUT2D eigenvalue weighted by Crippen LogP contribution is 2.44. The van der Waals surface area contributed by atoms with Gasteiger partial charge in [0.15, 0.2) is 0 Å². The van der Waals surface area contributed by atoms with Gasteiger partial charge in [0, 0.05) is 32.7 Å². The lowest BCUT2D eigenvalue weighted by Gasteiger charge is -2.19. The average molecular weight is 993 g/mol. The Balaban J connectivity index is 1.01. The molecule has 0 bridgehead atoms. The van der Waals surface area contributed by atoms with Gasteiger partial charge in [-0.3, -0.25) is 0 Å². The summed E-state index contributed by atoms with van der Waals surface area (Å²) in [6.07, 6.45) is 0. The molecule has 6 nitrogen and oxygen atoms in total. The lowest BCUT2D eigenvalue weighted by Crippen LogP contribution is -2.02. The van der Waals surface area contributed by atoms with E-state index in [4.69, 9.17) is 0 Å². The fourth-order valence-corrected chi connectivity index (χ4v) is 11.5. The van der Waals surface area contributed by atoms with Gasteiger partial charge in [0.1, 0.15) is 12.1 Å². The number of rotatable bonds is 8. The Bertz CT molecular complexity index is 4270. The Morgan fingerprint density at radius 1 is 0.256 bits per heavy atom. The molecule has 0 fully saturated rings. The van der Waals surface area contributed by atoms with Crippen molar-refractivity contribution >= 4 is 43.6 Å². The average Bonchev–Trinajstić information content (AvgIpc) is 4.10. The van der Waals surface area contributed by atoms with Crippen LogP contribution < -0.4 is 0 Å². The molecule has 0 unspecified atom stereocenters. The number of nitrogens with zero attached hydrogens (tertiary/aromatic N) is 6. The highest BCUT2D eigenvalue weighted by molar-refractivity contribution is 6.13. The van der Waals surface area contributed by atoms with Crippen LogP contribution in [0, 0.1) is 59.2 Å². The van der Waals surface area contributed by atoms with Gasteiger partial charge in [-0.05, 0) is 129 Å². The maximum absolute atomic E-state index is 11.0. The van der Waals surface area contributed by atoms with E-state index in [0.29, 0.717) is 44.8 Å². The normalized spacial score (nSPS) is 11.2. The van der Waals surface area contributed by atoms with Gasteiger partial charge in [0.25, 0.3) is 0 Å². The molecule has 78 heavy (non-hydrogen) atoms. The second kappa shape index (κ2) is 19.0. The van der Waals surface area contributed by atoms with E-state index < -0.39 is 0 Å². The zero-order valence-corrected chi connectivity index (χ0v) is 42.6. The summed E-state index contributed by atoms with van der Waals surface area (Å²) in [7, 11) is 0. The number of hydrogen-bond donors (Lipinski definition) is 0. The van der Waals surface area contributed by atoms with Crippen LogP contribution >= 0.6 is 0 Å². The maximum Gasteiger partial charge on any atom is 0.101 e. The van der Waals surface area contributed by atoms with Crippen LogP contribution in [0.5, 0.6) is 0 Å². The summed E-state index contributed by atoms with van der Waals surface area (Å²) in [6, 6.07) is 88.6. The summed E-state index contributed by atoms with van der Waals surface area (Å²) < 4.78 is 4.36. The number of hydrogen-bond acceptors (Lipinski definition) is 4. The second-order valence-corrected chi connectivity index (χ2v) is 19.8. The number of aryl methyl sites for hydroxylation is 2. The molecule has 0 radical (unpaired) electrons. The topological polar surface area (TPSA) is 105 Å². The first kappa shape index (κ1) is 46.7. The van der Waals surface area contributed by atoms with E-state index in [9.17, 15) is 21.0 Å². The van der Waals surface area contributed by atoms with Crippen molar-refractivity contribution in [3.05, 3.63) is 264 Å². The van der Waals surface area contributed by atoms with Crippen LogP contribution in [0.3, 0.4) is 0 Å². The smallest absolute Gasteiger partial charge is 0.101 e. The van der Waals surface area contributed by atoms with Crippen molar-refractivity contribution in [3.63, 3.8) is 0 Å². The Labute approximate surface area is 451 Å². The summed E-state index contributed by atoms with van der Waals surface area (Å²) >= 11 is 0. The lowest BCUT2D eigenvalue weighted by molar-refractivity contribution is 1.16. The van der Waals surface area contributed by atoms with Gasteiger partial charge in [-0.2, -0.15) is 21.0 Å². The Morgan fingerprint density at radius 3 is 0.782 bits per heavy atom. The predicted molar refractivity (Wildman–Crippen MR) is 316 cm³/mol. The first-order chi connectivity index (χ1) is 38.3. The molecule has 0 amide bonds. The molecule has 0 saturated heterocycles. The van der Waals surface area contributed by atoms with Gasteiger partial charge in [0.05, 0.1) is 67.8 Å². The van der Waals surface area contributed by atoms with E-state index in [1.165, 1.54) is 0 Å². The third-order valence-corrected chi connectivity index (χ3v) is 15.4. The summed E-state index contributed by atoms with van der Waals surface area (Å²) in [5.74, 6) is 0. The van der Waals surface area contributed by atoms with E-state index >= 15 is 0 Å². The first-order valence-corrected chi connectivity index (χ1v) is 25.8. The molecule has 6 heteroatoms. The molecule has 2 heterocycles. The molecule has 0 aliphatic heterocycles. The molecule has 362 valence electrons. The summed E-state index contributed by atoms with van der Waals surface area (Å²) in [4.78, 5) is 0. The number of nitriles is 4. The molecule has 13 aromatic rings. The van der Waals surface area contributed by atoms with Crippen LogP contribution in [0.1, 0.15) is 33.4 Å². The van der Waals surface area contributed by atoms with Crippen LogP contribution in [-0.4, -0.2) is 9.13 Å². The summed E-state index contributed by atoms with van der Waals surface area (Å²) in [5.41, 5.74) is 19.8.